The van der Waals surface area contributed by atoms with Crippen LogP contribution in [0.2, 0.25) is 0 Å². The van der Waals surface area contributed by atoms with Crippen LogP contribution in [0.5, 0.6) is 0 Å². The highest BCUT2D eigenvalue weighted by Crippen LogP contribution is 2.28. The van der Waals surface area contributed by atoms with Gasteiger partial charge in [0.15, 0.2) is 5.65 Å². The number of aromatic nitrogens is 3. The third-order valence-electron chi connectivity index (χ3n) is 4.64. The van der Waals surface area contributed by atoms with Gasteiger partial charge in [-0.15, -0.1) is 0 Å². The van der Waals surface area contributed by atoms with Crippen LogP contribution in [-0.4, -0.2) is 51.2 Å². The van der Waals surface area contributed by atoms with Gasteiger partial charge < -0.3 is 4.74 Å². The molecule has 2 amide bonds. The number of aromatic amines is 1. The molecule has 3 heterocycles. The number of rotatable bonds is 4. The van der Waals surface area contributed by atoms with Gasteiger partial charge in [-0.1, -0.05) is 19.3 Å². The molecule has 7 heteroatoms. The largest absolute Gasteiger partial charge is 0.376 e. The van der Waals surface area contributed by atoms with Crippen LogP contribution < -0.4 is 0 Å². The number of ether oxygens (including phenoxy) is 1. The van der Waals surface area contributed by atoms with Crippen molar-refractivity contribution in [2.75, 3.05) is 13.2 Å². The third-order valence-corrected chi connectivity index (χ3v) is 4.64. The molecule has 0 radical (unpaired) electrons. The Bertz CT molecular complexity index is 764. The third kappa shape index (κ3) is 2.41. The fourth-order valence-electron chi connectivity index (χ4n) is 3.41. The van der Waals surface area contributed by atoms with Crippen molar-refractivity contribution in [3.05, 3.63) is 23.5 Å². The fraction of sp³-hybridized carbons (Fsp3) is 0.500. The lowest BCUT2D eigenvalue weighted by atomic mass is 9.98. The molecule has 2 aromatic rings. The molecule has 1 saturated carbocycles. The maximum Gasteiger partial charge on any atom is 0.263 e. The van der Waals surface area contributed by atoms with Gasteiger partial charge in [0.25, 0.3) is 11.8 Å². The van der Waals surface area contributed by atoms with E-state index in [1.807, 2.05) is 0 Å². The maximum atomic E-state index is 12.6. The summed E-state index contributed by atoms with van der Waals surface area (Å²) in [7, 11) is 0. The predicted molar refractivity (Wildman–Crippen MR) is 82.1 cm³/mol. The molecular formula is C16H18N4O3. The number of amides is 2. The molecule has 120 valence electrons. The summed E-state index contributed by atoms with van der Waals surface area (Å²) in [4.78, 5) is 30.4. The molecule has 2 aromatic heterocycles. The van der Waals surface area contributed by atoms with Crippen LogP contribution in [0.4, 0.5) is 0 Å². The lowest BCUT2D eigenvalue weighted by Gasteiger charge is -2.23. The Balaban J connectivity index is 1.48. The lowest BCUT2D eigenvalue weighted by molar-refractivity contribution is 0.0168. The number of imide groups is 1. The van der Waals surface area contributed by atoms with E-state index in [4.69, 9.17) is 4.74 Å². The van der Waals surface area contributed by atoms with Gasteiger partial charge in [0.1, 0.15) is 0 Å². The molecule has 0 saturated heterocycles. The van der Waals surface area contributed by atoms with Crippen molar-refractivity contribution in [1.29, 1.82) is 0 Å². The predicted octanol–water partition coefficient (Wildman–Crippen LogP) is 1.90. The summed E-state index contributed by atoms with van der Waals surface area (Å²) in [5.74, 6) is -0.584. The Morgan fingerprint density at radius 3 is 2.83 bits per heavy atom. The first-order chi connectivity index (χ1) is 11.3. The Kier molecular flexibility index (Phi) is 3.57. The molecule has 23 heavy (non-hydrogen) atoms. The number of hydrogen-bond donors (Lipinski definition) is 1. The zero-order valence-corrected chi connectivity index (χ0v) is 12.7. The Morgan fingerprint density at radius 2 is 2.00 bits per heavy atom. The van der Waals surface area contributed by atoms with Crippen molar-refractivity contribution in [2.24, 2.45) is 0 Å². The van der Waals surface area contributed by atoms with Crippen LogP contribution in [0, 0.1) is 0 Å². The smallest absolute Gasteiger partial charge is 0.263 e. The van der Waals surface area contributed by atoms with Crippen LogP contribution in [0.1, 0.15) is 52.8 Å². The van der Waals surface area contributed by atoms with E-state index in [1.165, 1.54) is 36.6 Å². The highest BCUT2D eigenvalue weighted by atomic mass is 16.5. The summed E-state index contributed by atoms with van der Waals surface area (Å²) in [6.45, 7) is 0.667. The number of carbonyl (C=O) groups is 2. The number of fused-ring (bicyclic) bond motifs is 3. The molecule has 0 aromatic carbocycles. The standard InChI is InChI=1S/C16H18N4O3/c21-15-12-8-17-14-11(9-18-19-14)13(12)16(22)20(15)6-7-23-10-4-2-1-3-5-10/h8-10H,1-7H2,(H,17,18,19). The van der Waals surface area contributed by atoms with Crippen LogP contribution in [-0.2, 0) is 4.74 Å². The number of carbonyl (C=O) groups excluding carboxylic acids is 2. The quantitative estimate of drug-likeness (QED) is 0.871. The first-order valence-electron chi connectivity index (χ1n) is 8.05. The highest BCUT2D eigenvalue weighted by molar-refractivity contribution is 6.25. The van der Waals surface area contributed by atoms with Gasteiger partial charge in [-0.25, -0.2) is 4.98 Å². The van der Waals surface area contributed by atoms with E-state index in [1.54, 1.807) is 0 Å². The zero-order chi connectivity index (χ0) is 15.8. The molecule has 2 aliphatic rings. The minimum absolute atomic E-state index is 0.265. The molecule has 1 N–H and O–H groups in total. The molecule has 0 spiro atoms. The minimum Gasteiger partial charge on any atom is -0.376 e. The van der Waals surface area contributed by atoms with Crippen molar-refractivity contribution in [3.63, 3.8) is 0 Å². The van der Waals surface area contributed by atoms with Crippen LogP contribution in [0.15, 0.2) is 12.4 Å². The van der Waals surface area contributed by atoms with Gasteiger partial charge in [-0.05, 0) is 12.8 Å². The summed E-state index contributed by atoms with van der Waals surface area (Å²) in [5.41, 5.74) is 1.26. The van der Waals surface area contributed by atoms with Crippen molar-refractivity contribution >= 4 is 22.8 Å². The van der Waals surface area contributed by atoms with Crippen molar-refractivity contribution in [2.45, 2.75) is 38.2 Å². The molecule has 1 fully saturated rings. The normalized spacial score (nSPS) is 18.9. The zero-order valence-electron chi connectivity index (χ0n) is 12.7. The van der Waals surface area contributed by atoms with Crippen molar-refractivity contribution < 1.29 is 14.3 Å². The topological polar surface area (TPSA) is 88.2 Å². The SMILES string of the molecule is O=C1c2cnc3[nH]ncc3c2C(=O)N1CCOC1CCCCC1. The van der Waals surface area contributed by atoms with E-state index in [9.17, 15) is 9.59 Å². The second-order valence-electron chi connectivity index (χ2n) is 6.07. The van der Waals surface area contributed by atoms with Gasteiger partial charge in [0.2, 0.25) is 0 Å². The molecule has 1 aliphatic carbocycles. The summed E-state index contributed by atoms with van der Waals surface area (Å²) in [6, 6.07) is 0. The maximum absolute atomic E-state index is 12.6. The van der Waals surface area contributed by atoms with Gasteiger partial charge >= 0.3 is 0 Å². The number of H-pyrrole nitrogens is 1. The molecule has 1 aliphatic heterocycles. The summed E-state index contributed by atoms with van der Waals surface area (Å²) >= 11 is 0. The van der Waals surface area contributed by atoms with Gasteiger partial charge in [-0.3, -0.25) is 19.6 Å². The molecule has 0 atom stereocenters. The van der Waals surface area contributed by atoms with E-state index < -0.39 is 0 Å². The first kappa shape index (κ1) is 14.3. The molecule has 7 nitrogen and oxygen atoms in total. The second-order valence-corrected chi connectivity index (χ2v) is 6.07. The highest BCUT2D eigenvalue weighted by Gasteiger charge is 2.37. The Morgan fingerprint density at radius 1 is 1.17 bits per heavy atom. The van der Waals surface area contributed by atoms with E-state index in [2.05, 4.69) is 15.2 Å². The van der Waals surface area contributed by atoms with Crippen molar-refractivity contribution in [3.8, 4) is 0 Å². The summed E-state index contributed by atoms with van der Waals surface area (Å²) in [6.07, 6.45) is 9.05. The number of nitrogens with zero attached hydrogens (tertiary/aromatic N) is 3. The summed E-state index contributed by atoms with van der Waals surface area (Å²) in [5, 5.41) is 7.20. The average molecular weight is 314 g/mol. The van der Waals surface area contributed by atoms with E-state index in [0.29, 0.717) is 28.8 Å². The van der Waals surface area contributed by atoms with Crippen LogP contribution in [0.25, 0.3) is 11.0 Å². The first-order valence-corrected chi connectivity index (χ1v) is 8.05. The Hall–Kier alpha value is -2.28. The van der Waals surface area contributed by atoms with Crippen molar-refractivity contribution in [1.82, 2.24) is 20.1 Å². The Labute approximate surface area is 133 Å². The molecular weight excluding hydrogens is 296 g/mol. The average Bonchev–Trinajstić information content (AvgIpc) is 3.14. The van der Waals surface area contributed by atoms with Crippen LogP contribution in [0.3, 0.4) is 0 Å². The summed E-state index contributed by atoms with van der Waals surface area (Å²) < 4.78 is 5.83. The van der Waals surface area contributed by atoms with Gasteiger partial charge in [0, 0.05) is 6.20 Å². The van der Waals surface area contributed by atoms with Gasteiger partial charge in [0.05, 0.1) is 42.0 Å². The monoisotopic (exact) mass is 314 g/mol. The lowest BCUT2D eigenvalue weighted by Crippen LogP contribution is -2.34. The number of nitrogens with one attached hydrogen (secondary N) is 1. The van der Waals surface area contributed by atoms with E-state index in [-0.39, 0.29) is 24.5 Å². The van der Waals surface area contributed by atoms with E-state index in [0.717, 1.165) is 12.8 Å². The molecule has 0 bridgehead atoms. The molecule has 4 rings (SSSR count). The fourth-order valence-corrected chi connectivity index (χ4v) is 3.41. The van der Waals surface area contributed by atoms with Crippen LogP contribution >= 0.6 is 0 Å². The van der Waals surface area contributed by atoms with Gasteiger partial charge in [-0.2, -0.15) is 5.10 Å². The number of pyridine rings is 1. The molecule has 0 unspecified atom stereocenters. The number of hydrogen-bond acceptors (Lipinski definition) is 5. The minimum atomic E-state index is -0.298. The second kappa shape index (κ2) is 5.73. The van der Waals surface area contributed by atoms with E-state index >= 15 is 0 Å².